The zero-order valence-corrected chi connectivity index (χ0v) is 18.5. The lowest BCUT2D eigenvalue weighted by molar-refractivity contribution is 0.0955. The van der Waals surface area contributed by atoms with Crippen molar-refractivity contribution in [2.24, 2.45) is 0 Å². The molecule has 0 aliphatic rings. The molecule has 0 saturated heterocycles. The number of rotatable bonds is 5. The summed E-state index contributed by atoms with van der Waals surface area (Å²) in [4.78, 5) is 34.4. The van der Waals surface area contributed by atoms with Gasteiger partial charge in [-0.1, -0.05) is 11.3 Å². The van der Waals surface area contributed by atoms with E-state index in [-0.39, 0.29) is 5.91 Å². The fraction of sp³-hybridized carbons (Fsp3) is 0.136. The number of aryl methyl sites for hydroxylation is 2. The molecular formula is C22H20N8OS. The molecule has 4 aromatic heterocycles. The van der Waals surface area contributed by atoms with Crippen molar-refractivity contribution in [3.63, 3.8) is 0 Å². The first-order chi connectivity index (χ1) is 15.5. The summed E-state index contributed by atoms with van der Waals surface area (Å²) >= 11 is 1.55. The van der Waals surface area contributed by atoms with Crippen molar-refractivity contribution < 1.29 is 4.79 Å². The van der Waals surface area contributed by atoms with Crippen LogP contribution < -0.4 is 10.6 Å². The summed E-state index contributed by atoms with van der Waals surface area (Å²) < 4.78 is 1.47. The molecule has 9 nitrogen and oxygen atoms in total. The minimum absolute atomic E-state index is 0.159. The van der Waals surface area contributed by atoms with E-state index < -0.39 is 0 Å². The summed E-state index contributed by atoms with van der Waals surface area (Å²) in [6, 6.07) is 9.49. The van der Waals surface area contributed by atoms with Crippen molar-refractivity contribution in [3.05, 3.63) is 66.1 Å². The third kappa shape index (κ3) is 3.71. The number of anilines is 3. The highest BCUT2D eigenvalue weighted by Gasteiger charge is 2.14. The zero-order valence-electron chi connectivity index (χ0n) is 17.7. The second kappa shape index (κ2) is 7.89. The molecule has 0 spiro atoms. The van der Waals surface area contributed by atoms with Gasteiger partial charge in [-0.3, -0.25) is 9.36 Å². The smallest absolute Gasteiger partial charge is 0.279 e. The van der Waals surface area contributed by atoms with E-state index in [0.29, 0.717) is 11.6 Å². The molecular weight excluding hydrogens is 424 g/mol. The van der Waals surface area contributed by atoms with Crippen LogP contribution in [0.25, 0.3) is 21.5 Å². The third-order valence-electron chi connectivity index (χ3n) is 4.95. The van der Waals surface area contributed by atoms with Crippen LogP contribution in [0, 0.1) is 13.8 Å². The summed E-state index contributed by atoms with van der Waals surface area (Å²) in [5, 5.41) is 8.07. The molecule has 32 heavy (non-hydrogen) atoms. The number of imidazole rings is 1. The Hall–Kier alpha value is -4.05. The number of aromatic amines is 1. The van der Waals surface area contributed by atoms with Crippen LogP contribution in [-0.2, 0) is 0 Å². The summed E-state index contributed by atoms with van der Waals surface area (Å²) in [7, 11) is 1.85. The van der Waals surface area contributed by atoms with Gasteiger partial charge in [-0.15, -0.1) is 0 Å². The highest BCUT2D eigenvalue weighted by Crippen LogP contribution is 2.32. The third-order valence-corrected chi connectivity index (χ3v) is 6.15. The maximum atomic E-state index is 12.7. The van der Waals surface area contributed by atoms with Gasteiger partial charge in [0.2, 0.25) is 5.95 Å². The number of hydrogen-bond donors (Lipinski definition) is 3. The van der Waals surface area contributed by atoms with Crippen LogP contribution in [0.15, 0.2) is 49.1 Å². The average Bonchev–Trinajstić information content (AvgIpc) is 3.51. The van der Waals surface area contributed by atoms with Crippen LogP contribution in [-0.4, -0.2) is 42.4 Å². The first-order valence-electron chi connectivity index (χ1n) is 9.94. The number of H-pyrrole nitrogens is 1. The Bertz CT molecular complexity index is 1450. The molecule has 0 aliphatic heterocycles. The van der Waals surface area contributed by atoms with Gasteiger partial charge in [-0.25, -0.2) is 19.9 Å². The van der Waals surface area contributed by atoms with Gasteiger partial charge >= 0.3 is 0 Å². The molecule has 0 bridgehead atoms. The van der Waals surface area contributed by atoms with E-state index in [0.717, 1.165) is 43.7 Å². The lowest BCUT2D eigenvalue weighted by Crippen LogP contribution is -2.09. The Morgan fingerprint density at radius 1 is 1.12 bits per heavy atom. The van der Waals surface area contributed by atoms with Crippen LogP contribution in [0.2, 0.25) is 0 Å². The van der Waals surface area contributed by atoms with Gasteiger partial charge in [0, 0.05) is 36.0 Å². The van der Waals surface area contributed by atoms with Gasteiger partial charge in [0.15, 0.2) is 5.13 Å². The van der Waals surface area contributed by atoms with Gasteiger partial charge in [-0.05, 0) is 44.2 Å². The molecule has 160 valence electrons. The Kier molecular flexibility index (Phi) is 4.91. The number of hydrogen-bond acceptors (Lipinski definition) is 8. The molecule has 0 unspecified atom stereocenters. The molecule has 10 heteroatoms. The molecule has 1 aromatic carbocycles. The minimum Gasteiger partial charge on any atom is -0.365 e. The monoisotopic (exact) mass is 444 g/mol. The van der Waals surface area contributed by atoms with Gasteiger partial charge in [0.25, 0.3) is 5.91 Å². The maximum absolute atomic E-state index is 12.7. The summed E-state index contributed by atoms with van der Waals surface area (Å²) in [6.07, 6.45) is 4.95. The van der Waals surface area contributed by atoms with Gasteiger partial charge in [-0.2, -0.15) is 0 Å². The van der Waals surface area contributed by atoms with Gasteiger partial charge < -0.3 is 15.6 Å². The summed E-state index contributed by atoms with van der Waals surface area (Å²) in [6.45, 7) is 3.81. The van der Waals surface area contributed by atoms with Crippen LogP contribution in [0.4, 0.5) is 16.8 Å². The standard InChI is InChI=1S/C22H20N8OS/c1-12-10-30(11-25-12)20(31)18-9-14-8-15(4-5-16(14)28-18)27-21-24-7-6-17(29-21)19-13(2)26-22(23-3)32-19/h4-11,28H,1-3H3,(H,23,26)(H,24,27,29). The number of carbonyl (C=O) groups is 1. The Balaban J connectivity index is 1.41. The SMILES string of the molecule is CNc1nc(C)c(-c2ccnc(Nc3ccc4[nH]c(C(=O)n5cnc(C)c5)cc4c3)n2)s1. The molecule has 0 radical (unpaired) electrons. The number of aromatic nitrogens is 6. The Morgan fingerprint density at radius 3 is 2.75 bits per heavy atom. The lowest BCUT2D eigenvalue weighted by atomic mass is 10.2. The van der Waals surface area contributed by atoms with Gasteiger partial charge in [0.1, 0.15) is 12.0 Å². The van der Waals surface area contributed by atoms with Crippen molar-refractivity contribution in [1.29, 1.82) is 0 Å². The van der Waals surface area contributed by atoms with E-state index >= 15 is 0 Å². The molecule has 3 N–H and O–H groups in total. The lowest BCUT2D eigenvalue weighted by Gasteiger charge is -2.06. The van der Waals surface area contributed by atoms with E-state index in [2.05, 4.69) is 35.6 Å². The topological polar surface area (TPSA) is 113 Å². The second-order valence-electron chi connectivity index (χ2n) is 7.29. The number of fused-ring (bicyclic) bond motifs is 1. The maximum Gasteiger partial charge on any atom is 0.279 e. The van der Waals surface area contributed by atoms with E-state index in [9.17, 15) is 4.79 Å². The van der Waals surface area contributed by atoms with E-state index in [1.54, 1.807) is 23.7 Å². The molecule has 5 aromatic rings. The van der Waals surface area contributed by atoms with Crippen molar-refractivity contribution in [2.75, 3.05) is 17.7 Å². The number of nitrogens with zero attached hydrogens (tertiary/aromatic N) is 5. The molecule has 0 amide bonds. The first kappa shape index (κ1) is 19.9. The largest absolute Gasteiger partial charge is 0.365 e. The highest BCUT2D eigenvalue weighted by molar-refractivity contribution is 7.19. The van der Waals surface area contributed by atoms with Crippen molar-refractivity contribution in [2.45, 2.75) is 13.8 Å². The van der Waals surface area contributed by atoms with E-state index in [1.807, 2.05) is 51.2 Å². The molecule has 0 saturated carbocycles. The average molecular weight is 445 g/mol. The minimum atomic E-state index is -0.159. The summed E-state index contributed by atoms with van der Waals surface area (Å²) in [5.74, 6) is 0.328. The van der Waals surface area contributed by atoms with Crippen LogP contribution in [0.3, 0.4) is 0 Å². The summed E-state index contributed by atoms with van der Waals surface area (Å²) in [5.41, 5.74) is 4.70. The first-order valence-corrected chi connectivity index (χ1v) is 10.8. The fourth-order valence-corrected chi connectivity index (χ4v) is 4.30. The van der Waals surface area contributed by atoms with Crippen molar-refractivity contribution in [1.82, 2.24) is 29.5 Å². The van der Waals surface area contributed by atoms with Crippen LogP contribution >= 0.6 is 11.3 Å². The number of thiazole rings is 1. The van der Waals surface area contributed by atoms with E-state index in [4.69, 9.17) is 0 Å². The molecule has 4 heterocycles. The normalized spacial score (nSPS) is 11.1. The highest BCUT2D eigenvalue weighted by atomic mass is 32.1. The number of benzene rings is 1. The van der Waals surface area contributed by atoms with Crippen molar-refractivity contribution in [3.8, 4) is 10.6 Å². The Morgan fingerprint density at radius 2 is 2.00 bits per heavy atom. The molecule has 0 atom stereocenters. The molecule has 0 aliphatic carbocycles. The zero-order chi connectivity index (χ0) is 22.2. The van der Waals surface area contributed by atoms with Crippen LogP contribution in [0.5, 0.6) is 0 Å². The molecule has 5 rings (SSSR count). The number of nitrogens with one attached hydrogen (secondary N) is 3. The molecule has 0 fully saturated rings. The van der Waals surface area contributed by atoms with Gasteiger partial charge in [0.05, 0.1) is 22.0 Å². The van der Waals surface area contributed by atoms with Crippen molar-refractivity contribution >= 4 is 44.9 Å². The fourth-order valence-electron chi connectivity index (χ4n) is 3.41. The quantitative estimate of drug-likeness (QED) is 0.369. The van der Waals surface area contributed by atoms with Crippen LogP contribution in [0.1, 0.15) is 21.9 Å². The second-order valence-corrected chi connectivity index (χ2v) is 8.29. The Labute approximate surface area is 187 Å². The predicted octanol–water partition coefficient (Wildman–Crippen LogP) is 4.37. The number of carbonyl (C=O) groups excluding carboxylic acids is 1. The van der Waals surface area contributed by atoms with E-state index in [1.165, 1.54) is 10.9 Å². The predicted molar refractivity (Wildman–Crippen MR) is 126 cm³/mol.